The molecule has 0 amide bonds. The third-order valence-electron chi connectivity index (χ3n) is 7.88. The summed E-state index contributed by atoms with van der Waals surface area (Å²) in [6.45, 7) is 0. The van der Waals surface area contributed by atoms with Gasteiger partial charge in [-0.1, -0.05) is 48.5 Å². The summed E-state index contributed by atoms with van der Waals surface area (Å²) in [5, 5.41) is 32.0. The van der Waals surface area contributed by atoms with E-state index in [1.54, 1.807) is 6.33 Å². The largest absolute Gasteiger partial charge is 0.491 e. The zero-order chi connectivity index (χ0) is 32.6. The van der Waals surface area contributed by atoms with Gasteiger partial charge in [0.1, 0.15) is 12.7 Å². The highest BCUT2D eigenvalue weighted by Gasteiger charge is 2.11. The van der Waals surface area contributed by atoms with Crippen LogP contribution in [0, 0.1) is 0 Å². The first-order valence-electron chi connectivity index (χ1n) is 14.7. The minimum Gasteiger partial charge on any atom is -0.423 e. The van der Waals surface area contributed by atoms with Gasteiger partial charge in [-0.15, -0.1) is 45.3 Å². The molecule has 232 valence electrons. The van der Waals surface area contributed by atoms with Gasteiger partial charge in [0.05, 0.1) is 3.79 Å². The van der Waals surface area contributed by atoms with Crippen molar-refractivity contribution >= 4 is 136 Å². The maximum absolute atomic E-state index is 8.50. The quantitative estimate of drug-likeness (QED) is 0.171. The highest BCUT2D eigenvalue weighted by Crippen LogP contribution is 2.41. The van der Waals surface area contributed by atoms with E-state index in [0.29, 0.717) is 5.46 Å². The molecule has 0 bridgehead atoms. The fourth-order valence-corrected chi connectivity index (χ4v) is 10.3. The monoisotopic (exact) mass is 760 g/mol. The minimum atomic E-state index is -1.47. The smallest absolute Gasteiger partial charge is 0.423 e. The molecular weight excluding hydrogens is 739 g/mol. The minimum absolute atomic E-state index is 0.303. The van der Waals surface area contributed by atoms with Crippen LogP contribution in [0.15, 0.2) is 125 Å². The molecule has 0 aliphatic rings. The number of rotatable bonds is 2. The fraction of sp³-hybridized carbons (Fsp3) is 0. The molecule has 6 heterocycles. The van der Waals surface area contributed by atoms with Crippen molar-refractivity contribution in [2.45, 2.75) is 0 Å². The molecular formula is C36H22BBrN4O2S4. The van der Waals surface area contributed by atoms with Crippen LogP contribution in [-0.4, -0.2) is 37.1 Å². The molecule has 6 nitrogen and oxygen atoms in total. The van der Waals surface area contributed by atoms with Crippen LogP contribution in [-0.2, 0) is 0 Å². The van der Waals surface area contributed by atoms with E-state index in [2.05, 4.69) is 119 Å². The summed E-state index contributed by atoms with van der Waals surface area (Å²) in [4.78, 5) is 16.6. The summed E-state index contributed by atoms with van der Waals surface area (Å²) in [6.07, 6.45) is 9.33. The summed E-state index contributed by atoms with van der Waals surface area (Å²) in [5.74, 6) is 0. The van der Waals surface area contributed by atoms with Crippen molar-refractivity contribution in [3.8, 4) is 10.4 Å². The van der Waals surface area contributed by atoms with Gasteiger partial charge in [0, 0.05) is 81.0 Å². The van der Waals surface area contributed by atoms with Crippen LogP contribution in [0.2, 0.25) is 0 Å². The molecule has 0 fully saturated rings. The second-order valence-corrected chi connectivity index (χ2v) is 16.1. The number of hydrogen-bond donors (Lipinski definition) is 2. The van der Waals surface area contributed by atoms with Gasteiger partial charge in [0.2, 0.25) is 0 Å². The van der Waals surface area contributed by atoms with Gasteiger partial charge >= 0.3 is 7.12 Å². The molecule has 2 N–H and O–H groups in total. The Labute approximate surface area is 298 Å². The molecule has 0 spiro atoms. The second kappa shape index (κ2) is 13.4. The number of benzene rings is 4. The van der Waals surface area contributed by atoms with Gasteiger partial charge in [0.25, 0.3) is 0 Å². The van der Waals surface area contributed by atoms with Crippen LogP contribution < -0.4 is 5.46 Å². The number of halogens is 1. The summed E-state index contributed by atoms with van der Waals surface area (Å²) in [7, 11) is -1.47. The first-order valence-corrected chi connectivity index (χ1v) is 18.9. The number of hydrogen-bond acceptors (Lipinski definition) is 10. The van der Waals surface area contributed by atoms with Gasteiger partial charge in [-0.3, -0.25) is 0 Å². The van der Waals surface area contributed by atoms with Crippen LogP contribution in [0.1, 0.15) is 0 Å². The third-order valence-corrected chi connectivity index (χ3v) is 12.7. The van der Waals surface area contributed by atoms with Crippen molar-refractivity contribution in [1.82, 2.24) is 19.9 Å². The van der Waals surface area contributed by atoms with Crippen LogP contribution in [0.25, 0.3) is 72.3 Å². The van der Waals surface area contributed by atoms with Crippen molar-refractivity contribution < 1.29 is 10.0 Å². The SMILES string of the molecule is Brc1cc2ccc3c(ccc4ccsc43)c2s1.OB(O)c1cncnc1.c1ncc(-c2cc3ccc4c(ccc5ccsc54)c3s2)cn1. The fourth-order valence-electron chi connectivity index (χ4n) is 5.64. The van der Waals surface area contributed by atoms with Crippen molar-refractivity contribution in [2.75, 3.05) is 0 Å². The van der Waals surface area contributed by atoms with E-state index in [4.69, 9.17) is 10.0 Å². The lowest BCUT2D eigenvalue weighted by Crippen LogP contribution is -2.30. The summed E-state index contributed by atoms with van der Waals surface area (Å²) >= 11 is 10.8. The Hall–Kier alpha value is -4.14. The Morgan fingerprint density at radius 3 is 1.54 bits per heavy atom. The highest BCUT2D eigenvalue weighted by molar-refractivity contribution is 9.11. The standard InChI is InChI=1S/C18H10N2S2.C14H7BrS2.C4H5BN2O2/c1-3-15-14(17-11(1)5-6-21-17)4-2-12-7-16(22-18(12)15)13-8-19-10-20-9-13;15-12-7-9-2-4-10-11(14(9)17-12)3-1-8-5-6-16-13(8)10;8-5(9)4-1-6-3-7-2-4/h1-10H;1-7H;1-3,8-9H. The van der Waals surface area contributed by atoms with Crippen LogP contribution in [0.3, 0.4) is 0 Å². The number of aromatic nitrogens is 4. The number of fused-ring (bicyclic) bond motifs is 10. The molecule has 0 saturated carbocycles. The molecule has 10 rings (SSSR count). The molecule has 12 heteroatoms. The maximum Gasteiger partial charge on any atom is 0.491 e. The van der Waals surface area contributed by atoms with Crippen molar-refractivity contribution in [3.63, 3.8) is 0 Å². The maximum atomic E-state index is 8.50. The van der Waals surface area contributed by atoms with E-state index in [9.17, 15) is 0 Å². The number of thiophene rings is 4. The third kappa shape index (κ3) is 6.01. The highest BCUT2D eigenvalue weighted by atomic mass is 79.9. The van der Waals surface area contributed by atoms with Crippen molar-refractivity contribution in [3.05, 3.63) is 125 Å². The average molecular weight is 762 g/mol. The Morgan fingerprint density at radius 1 is 0.521 bits per heavy atom. The lowest BCUT2D eigenvalue weighted by atomic mass is 9.83. The van der Waals surface area contributed by atoms with E-state index in [1.807, 2.05) is 57.7 Å². The molecule has 6 aromatic heterocycles. The van der Waals surface area contributed by atoms with Crippen LogP contribution >= 0.6 is 61.3 Å². The molecule has 4 aromatic carbocycles. The molecule has 48 heavy (non-hydrogen) atoms. The number of nitrogens with zero attached hydrogens (tertiary/aromatic N) is 4. The predicted octanol–water partition coefficient (Wildman–Crippen LogP) is 9.91. The Morgan fingerprint density at radius 2 is 1.00 bits per heavy atom. The summed E-state index contributed by atoms with van der Waals surface area (Å²) in [5.41, 5.74) is 1.38. The van der Waals surface area contributed by atoms with E-state index in [1.165, 1.54) is 89.3 Å². The molecule has 0 radical (unpaired) electrons. The van der Waals surface area contributed by atoms with Crippen molar-refractivity contribution in [2.24, 2.45) is 0 Å². The first kappa shape index (κ1) is 31.2. The summed E-state index contributed by atoms with van der Waals surface area (Å²) in [6, 6.07) is 26.7. The van der Waals surface area contributed by atoms with Gasteiger partial charge in [-0.25, -0.2) is 19.9 Å². The molecule has 0 saturated heterocycles. The molecule has 0 aliphatic carbocycles. The molecule has 0 atom stereocenters. The van der Waals surface area contributed by atoms with Crippen LogP contribution in [0.4, 0.5) is 0 Å². The van der Waals surface area contributed by atoms with E-state index in [0.717, 1.165) is 5.56 Å². The Bertz CT molecular complexity index is 2690. The summed E-state index contributed by atoms with van der Waals surface area (Å²) < 4.78 is 6.69. The second-order valence-electron chi connectivity index (χ2n) is 10.8. The van der Waals surface area contributed by atoms with Gasteiger partial charge in [-0.2, -0.15) is 0 Å². The first-order chi connectivity index (χ1) is 23.5. The Balaban J connectivity index is 0.000000115. The van der Waals surface area contributed by atoms with Crippen molar-refractivity contribution in [1.29, 1.82) is 0 Å². The van der Waals surface area contributed by atoms with Gasteiger partial charge < -0.3 is 10.0 Å². The lowest BCUT2D eigenvalue weighted by molar-refractivity contribution is 0.425. The van der Waals surface area contributed by atoms with E-state index in [-0.39, 0.29) is 0 Å². The average Bonchev–Trinajstić information content (AvgIpc) is 3.94. The van der Waals surface area contributed by atoms with Gasteiger partial charge in [-0.05, 0) is 72.5 Å². The van der Waals surface area contributed by atoms with Crippen LogP contribution in [0.5, 0.6) is 0 Å². The zero-order valence-electron chi connectivity index (χ0n) is 24.8. The van der Waals surface area contributed by atoms with E-state index >= 15 is 0 Å². The van der Waals surface area contributed by atoms with E-state index < -0.39 is 7.12 Å². The molecule has 0 aliphatic heterocycles. The topological polar surface area (TPSA) is 92.0 Å². The normalized spacial score (nSPS) is 11.2. The molecule has 10 aromatic rings. The predicted molar refractivity (Wildman–Crippen MR) is 210 cm³/mol. The molecule has 0 unspecified atom stereocenters. The Kier molecular flexibility index (Phi) is 8.70. The zero-order valence-corrected chi connectivity index (χ0v) is 29.7. The van der Waals surface area contributed by atoms with Gasteiger partial charge in [0.15, 0.2) is 0 Å². The lowest BCUT2D eigenvalue weighted by Gasteiger charge is -2.00.